The average molecular weight is 310 g/mol. The predicted molar refractivity (Wildman–Crippen MR) is 88.9 cm³/mol. The number of benzene rings is 2. The van der Waals surface area contributed by atoms with Crippen molar-refractivity contribution in [3.8, 4) is 5.75 Å². The highest BCUT2D eigenvalue weighted by atomic mass is 16.5. The number of fused-ring (bicyclic) bond motifs is 1. The van der Waals surface area contributed by atoms with Gasteiger partial charge in [0, 0.05) is 12.1 Å². The van der Waals surface area contributed by atoms with Crippen molar-refractivity contribution >= 4 is 23.2 Å². The molecule has 0 fully saturated rings. The van der Waals surface area contributed by atoms with Gasteiger partial charge in [-0.25, -0.2) is 0 Å². The van der Waals surface area contributed by atoms with Crippen LogP contribution in [0.4, 0.5) is 11.4 Å². The van der Waals surface area contributed by atoms with E-state index in [0.717, 1.165) is 0 Å². The number of anilines is 2. The van der Waals surface area contributed by atoms with E-state index in [2.05, 4.69) is 5.32 Å². The highest BCUT2D eigenvalue weighted by Gasteiger charge is 2.29. The molecule has 5 heteroatoms. The van der Waals surface area contributed by atoms with E-state index in [0.29, 0.717) is 29.2 Å². The summed E-state index contributed by atoms with van der Waals surface area (Å²) in [6.07, 6.45) is 0. The SMILES string of the molecule is COc1cccc(C(=O)N2C[C@@H](C)C(=O)Nc3ccccc32)c1. The fourth-order valence-corrected chi connectivity index (χ4v) is 2.63. The van der Waals surface area contributed by atoms with Crippen LogP contribution in [0.25, 0.3) is 0 Å². The molecule has 23 heavy (non-hydrogen) atoms. The summed E-state index contributed by atoms with van der Waals surface area (Å²) in [5, 5.41) is 2.87. The normalized spacial score (nSPS) is 17.0. The molecule has 2 aromatic carbocycles. The number of methoxy groups -OCH3 is 1. The Kier molecular flexibility index (Phi) is 4.02. The zero-order valence-corrected chi connectivity index (χ0v) is 13.1. The first-order chi connectivity index (χ1) is 11.1. The number of hydrogen-bond donors (Lipinski definition) is 1. The van der Waals surface area contributed by atoms with Gasteiger partial charge < -0.3 is 15.0 Å². The molecule has 0 aromatic heterocycles. The molecule has 1 heterocycles. The summed E-state index contributed by atoms with van der Waals surface area (Å²) in [6.45, 7) is 2.14. The molecule has 0 saturated carbocycles. The maximum atomic E-state index is 13.0. The second-order valence-corrected chi connectivity index (χ2v) is 5.56. The van der Waals surface area contributed by atoms with Crippen LogP contribution >= 0.6 is 0 Å². The molecule has 0 unspecified atom stereocenters. The number of para-hydroxylation sites is 2. The molecule has 1 aliphatic heterocycles. The number of amides is 2. The summed E-state index contributed by atoms with van der Waals surface area (Å²) in [7, 11) is 1.56. The van der Waals surface area contributed by atoms with Crippen LogP contribution in [0.15, 0.2) is 48.5 Å². The van der Waals surface area contributed by atoms with E-state index in [9.17, 15) is 9.59 Å². The van der Waals surface area contributed by atoms with Crippen molar-refractivity contribution in [2.24, 2.45) is 5.92 Å². The molecule has 0 bridgehead atoms. The van der Waals surface area contributed by atoms with Crippen molar-refractivity contribution in [3.63, 3.8) is 0 Å². The van der Waals surface area contributed by atoms with Gasteiger partial charge >= 0.3 is 0 Å². The molecule has 2 aromatic rings. The van der Waals surface area contributed by atoms with E-state index < -0.39 is 0 Å². The summed E-state index contributed by atoms with van der Waals surface area (Å²) >= 11 is 0. The Balaban J connectivity index is 2.03. The van der Waals surface area contributed by atoms with Crippen molar-refractivity contribution in [2.45, 2.75) is 6.92 Å². The smallest absolute Gasteiger partial charge is 0.258 e. The van der Waals surface area contributed by atoms with Gasteiger partial charge in [-0.3, -0.25) is 9.59 Å². The van der Waals surface area contributed by atoms with Crippen LogP contribution < -0.4 is 15.0 Å². The minimum Gasteiger partial charge on any atom is -0.497 e. The van der Waals surface area contributed by atoms with Crippen LogP contribution in [-0.2, 0) is 4.79 Å². The fraction of sp³-hybridized carbons (Fsp3) is 0.222. The Bertz CT molecular complexity index is 757. The van der Waals surface area contributed by atoms with Crippen LogP contribution in [-0.4, -0.2) is 25.5 Å². The molecule has 0 radical (unpaired) electrons. The second-order valence-electron chi connectivity index (χ2n) is 5.56. The molecule has 0 spiro atoms. The van der Waals surface area contributed by atoms with Crippen molar-refractivity contribution in [1.29, 1.82) is 0 Å². The topological polar surface area (TPSA) is 58.6 Å². The van der Waals surface area contributed by atoms with Crippen molar-refractivity contribution in [2.75, 3.05) is 23.9 Å². The summed E-state index contributed by atoms with van der Waals surface area (Å²) in [5.41, 5.74) is 1.89. The Morgan fingerprint density at radius 2 is 2.00 bits per heavy atom. The van der Waals surface area contributed by atoms with Crippen LogP contribution in [0.3, 0.4) is 0 Å². The number of nitrogens with zero attached hydrogens (tertiary/aromatic N) is 1. The standard InChI is InChI=1S/C18H18N2O3/c1-12-11-20(16-9-4-3-8-15(16)19-17(12)21)18(22)13-6-5-7-14(10-13)23-2/h3-10,12H,11H2,1-2H3,(H,19,21)/t12-/m1/s1. The first-order valence-corrected chi connectivity index (χ1v) is 7.46. The van der Waals surface area contributed by atoms with Crippen molar-refractivity contribution < 1.29 is 14.3 Å². The summed E-state index contributed by atoms with van der Waals surface area (Å²) in [6, 6.07) is 14.4. The lowest BCUT2D eigenvalue weighted by atomic mass is 10.1. The van der Waals surface area contributed by atoms with E-state index in [-0.39, 0.29) is 17.7 Å². The Morgan fingerprint density at radius 3 is 2.78 bits per heavy atom. The van der Waals surface area contributed by atoms with Gasteiger partial charge in [-0.2, -0.15) is 0 Å². The number of ether oxygens (including phenoxy) is 1. The monoisotopic (exact) mass is 310 g/mol. The first-order valence-electron chi connectivity index (χ1n) is 7.46. The minimum absolute atomic E-state index is 0.0848. The van der Waals surface area contributed by atoms with E-state index in [1.165, 1.54) is 0 Å². The largest absolute Gasteiger partial charge is 0.497 e. The number of hydrogen-bond acceptors (Lipinski definition) is 3. The lowest BCUT2D eigenvalue weighted by Crippen LogP contribution is -2.35. The van der Waals surface area contributed by atoms with Crippen molar-refractivity contribution in [3.05, 3.63) is 54.1 Å². The molecule has 3 rings (SSSR count). The van der Waals surface area contributed by atoms with Crippen LogP contribution in [0.2, 0.25) is 0 Å². The van der Waals surface area contributed by atoms with E-state index >= 15 is 0 Å². The van der Waals surface area contributed by atoms with Gasteiger partial charge in [0.05, 0.1) is 24.4 Å². The zero-order chi connectivity index (χ0) is 16.4. The lowest BCUT2D eigenvalue weighted by Gasteiger charge is -2.23. The molecule has 0 aliphatic carbocycles. The number of nitrogens with one attached hydrogen (secondary N) is 1. The van der Waals surface area contributed by atoms with Crippen molar-refractivity contribution in [1.82, 2.24) is 0 Å². The summed E-state index contributed by atoms with van der Waals surface area (Å²) in [4.78, 5) is 26.7. The van der Waals surface area contributed by atoms with Crippen LogP contribution in [0, 0.1) is 5.92 Å². The average Bonchev–Trinajstić information content (AvgIpc) is 2.71. The van der Waals surface area contributed by atoms with Gasteiger partial charge in [-0.05, 0) is 30.3 Å². The van der Waals surface area contributed by atoms with Gasteiger partial charge in [0.1, 0.15) is 5.75 Å². The Labute approximate surface area is 134 Å². The third-order valence-electron chi connectivity index (χ3n) is 3.92. The molecular formula is C18H18N2O3. The molecule has 1 atom stereocenters. The van der Waals surface area contributed by atoms with Gasteiger partial charge in [0.25, 0.3) is 5.91 Å². The Hall–Kier alpha value is -2.82. The molecule has 2 amide bonds. The number of rotatable bonds is 2. The summed E-state index contributed by atoms with van der Waals surface area (Å²) in [5.74, 6) is 0.0938. The predicted octanol–water partition coefficient (Wildman–Crippen LogP) is 2.93. The highest BCUT2D eigenvalue weighted by molar-refractivity contribution is 6.11. The maximum absolute atomic E-state index is 13.0. The van der Waals surface area contributed by atoms with E-state index in [1.54, 1.807) is 42.3 Å². The van der Waals surface area contributed by atoms with Gasteiger partial charge in [-0.15, -0.1) is 0 Å². The molecular weight excluding hydrogens is 292 g/mol. The van der Waals surface area contributed by atoms with Crippen LogP contribution in [0.1, 0.15) is 17.3 Å². The molecule has 5 nitrogen and oxygen atoms in total. The molecule has 0 saturated heterocycles. The number of carbonyl (C=O) groups excluding carboxylic acids is 2. The fourth-order valence-electron chi connectivity index (χ4n) is 2.63. The number of carbonyl (C=O) groups is 2. The third-order valence-corrected chi connectivity index (χ3v) is 3.92. The highest BCUT2D eigenvalue weighted by Crippen LogP contribution is 2.31. The lowest BCUT2D eigenvalue weighted by molar-refractivity contribution is -0.119. The summed E-state index contributed by atoms with van der Waals surface area (Å²) < 4.78 is 5.19. The van der Waals surface area contributed by atoms with Gasteiger partial charge in [0.2, 0.25) is 5.91 Å². The molecule has 1 aliphatic rings. The van der Waals surface area contributed by atoms with E-state index in [4.69, 9.17) is 4.74 Å². The van der Waals surface area contributed by atoms with E-state index in [1.807, 2.05) is 25.1 Å². The quantitative estimate of drug-likeness (QED) is 0.928. The maximum Gasteiger partial charge on any atom is 0.258 e. The Morgan fingerprint density at radius 1 is 1.22 bits per heavy atom. The minimum atomic E-state index is -0.294. The second kappa shape index (κ2) is 6.12. The van der Waals surface area contributed by atoms with Crippen LogP contribution in [0.5, 0.6) is 5.75 Å². The van der Waals surface area contributed by atoms with Gasteiger partial charge in [-0.1, -0.05) is 25.1 Å². The molecule has 1 N–H and O–H groups in total. The third kappa shape index (κ3) is 2.90. The zero-order valence-electron chi connectivity index (χ0n) is 13.1. The van der Waals surface area contributed by atoms with Gasteiger partial charge in [0.15, 0.2) is 0 Å². The first kappa shape index (κ1) is 15.1. The molecule has 118 valence electrons.